The summed E-state index contributed by atoms with van der Waals surface area (Å²) in [5, 5.41) is 3.03. The second-order valence-electron chi connectivity index (χ2n) is 7.08. The van der Waals surface area contributed by atoms with E-state index in [0.29, 0.717) is 11.8 Å². The van der Waals surface area contributed by atoms with E-state index < -0.39 is 5.54 Å². The molecule has 4 nitrogen and oxygen atoms in total. The largest absolute Gasteiger partial charge is 0.340 e. The molecule has 0 aromatic carbocycles. The van der Waals surface area contributed by atoms with Gasteiger partial charge in [0, 0.05) is 6.54 Å². The van der Waals surface area contributed by atoms with Gasteiger partial charge in [-0.1, -0.05) is 32.6 Å². The van der Waals surface area contributed by atoms with E-state index in [0.717, 1.165) is 32.2 Å². The van der Waals surface area contributed by atoms with Crippen molar-refractivity contribution in [3.63, 3.8) is 0 Å². The molecule has 0 aromatic rings. The Morgan fingerprint density at radius 1 is 1.15 bits per heavy atom. The van der Waals surface area contributed by atoms with Crippen molar-refractivity contribution >= 4 is 11.8 Å². The van der Waals surface area contributed by atoms with Gasteiger partial charge >= 0.3 is 0 Å². The zero-order valence-corrected chi connectivity index (χ0v) is 12.7. The van der Waals surface area contributed by atoms with Crippen LogP contribution in [0.15, 0.2) is 0 Å². The fourth-order valence-electron chi connectivity index (χ4n) is 4.29. The van der Waals surface area contributed by atoms with Gasteiger partial charge in [0.2, 0.25) is 11.8 Å². The number of nitrogens with zero attached hydrogens (tertiary/aromatic N) is 1. The number of rotatable bonds is 2. The minimum absolute atomic E-state index is 0.0390. The standard InChI is InChI=1S/C16H26N2O2/c1-11-6-5-7-13(11)10-18-12(2)14(19)17-16(15(18)20)8-3-4-9-16/h11-13H,3-10H2,1-2H3,(H,17,19). The highest BCUT2D eigenvalue weighted by atomic mass is 16.2. The third kappa shape index (κ3) is 2.13. The lowest BCUT2D eigenvalue weighted by Gasteiger charge is -2.44. The topological polar surface area (TPSA) is 49.4 Å². The molecule has 2 aliphatic carbocycles. The first kappa shape index (κ1) is 13.9. The number of carbonyl (C=O) groups excluding carboxylic acids is 2. The van der Waals surface area contributed by atoms with Crippen LogP contribution < -0.4 is 5.32 Å². The van der Waals surface area contributed by atoms with E-state index in [4.69, 9.17) is 0 Å². The van der Waals surface area contributed by atoms with Gasteiger partial charge < -0.3 is 10.2 Å². The summed E-state index contributed by atoms with van der Waals surface area (Å²) < 4.78 is 0. The van der Waals surface area contributed by atoms with Gasteiger partial charge in [-0.15, -0.1) is 0 Å². The lowest BCUT2D eigenvalue weighted by atomic mass is 9.89. The van der Waals surface area contributed by atoms with Crippen LogP contribution in [-0.4, -0.2) is 34.8 Å². The summed E-state index contributed by atoms with van der Waals surface area (Å²) in [6, 6.07) is -0.304. The lowest BCUT2D eigenvalue weighted by molar-refractivity contribution is -0.155. The summed E-state index contributed by atoms with van der Waals surface area (Å²) in [4.78, 5) is 27.1. The van der Waals surface area contributed by atoms with Gasteiger partial charge in [0.15, 0.2) is 0 Å². The number of hydrogen-bond acceptors (Lipinski definition) is 2. The highest BCUT2D eigenvalue weighted by Gasteiger charge is 2.51. The summed E-state index contributed by atoms with van der Waals surface area (Å²) in [6.07, 6.45) is 7.47. The third-order valence-corrected chi connectivity index (χ3v) is 5.81. The smallest absolute Gasteiger partial charge is 0.249 e. The van der Waals surface area contributed by atoms with Crippen molar-refractivity contribution in [3.8, 4) is 0 Å². The highest BCUT2D eigenvalue weighted by molar-refractivity contribution is 5.99. The third-order valence-electron chi connectivity index (χ3n) is 5.81. The van der Waals surface area contributed by atoms with Crippen molar-refractivity contribution in [2.75, 3.05) is 6.54 Å². The maximum Gasteiger partial charge on any atom is 0.249 e. The van der Waals surface area contributed by atoms with Crippen molar-refractivity contribution in [1.29, 1.82) is 0 Å². The molecule has 3 atom stereocenters. The Bertz CT molecular complexity index is 415. The van der Waals surface area contributed by atoms with Gasteiger partial charge in [-0.25, -0.2) is 0 Å². The molecule has 1 saturated heterocycles. The van der Waals surface area contributed by atoms with E-state index in [1.54, 1.807) is 0 Å². The van der Waals surface area contributed by atoms with Crippen molar-refractivity contribution in [2.24, 2.45) is 11.8 Å². The number of piperazine rings is 1. The van der Waals surface area contributed by atoms with E-state index in [1.165, 1.54) is 19.3 Å². The normalized spacial score (nSPS) is 36.7. The molecule has 0 bridgehead atoms. The van der Waals surface area contributed by atoms with Gasteiger partial charge in [0.25, 0.3) is 0 Å². The van der Waals surface area contributed by atoms with Crippen LogP contribution in [-0.2, 0) is 9.59 Å². The summed E-state index contributed by atoms with van der Waals surface area (Å²) >= 11 is 0. The minimum atomic E-state index is -0.564. The molecular formula is C16H26N2O2. The Balaban J connectivity index is 1.79. The van der Waals surface area contributed by atoms with Crippen LogP contribution in [0.3, 0.4) is 0 Å². The van der Waals surface area contributed by atoms with Gasteiger partial charge in [-0.2, -0.15) is 0 Å². The predicted octanol–water partition coefficient (Wildman–Crippen LogP) is 2.08. The Kier molecular flexibility index (Phi) is 3.51. The number of amides is 2. The molecule has 3 fully saturated rings. The average molecular weight is 278 g/mol. The molecule has 1 heterocycles. The maximum atomic E-state index is 12.9. The van der Waals surface area contributed by atoms with E-state index >= 15 is 0 Å². The molecule has 112 valence electrons. The number of carbonyl (C=O) groups is 2. The average Bonchev–Trinajstić information content (AvgIpc) is 3.03. The van der Waals surface area contributed by atoms with Crippen LogP contribution in [0.1, 0.15) is 58.8 Å². The van der Waals surface area contributed by atoms with E-state index in [9.17, 15) is 9.59 Å². The summed E-state index contributed by atoms with van der Waals surface area (Å²) in [6.45, 7) is 4.92. The Morgan fingerprint density at radius 2 is 1.85 bits per heavy atom. The zero-order chi connectivity index (χ0) is 14.3. The van der Waals surface area contributed by atoms with E-state index in [-0.39, 0.29) is 17.9 Å². The molecule has 1 N–H and O–H groups in total. The first-order valence-electron chi connectivity index (χ1n) is 8.16. The van der Waals surface area contributed by atoms with E-state index in [2.05, 4.69) is 12.2 Å². The molecule has 0 radical (unpaired) electrons. The molecule has 2 amide bonds. The molecule has 3 aliphatic rings. The summed E-state index contributed by atoms with van der Waals surface area (Å²) in [5.74, 6) is 1.48. The quantitative estimate of drug-likeness (QED) is 0.841. The van der Waals surface area contributed by atoms with Crippen LogP contribution in [0.4, 0.5) is 0 Å². The Hall–Kier alpha value is -1.06. The van der Waals surface area contributed by atoms with Crippen LogP contribution in [0, 0.1) is 11.8 Å². The fourth-order valence-corrected chi connectivity index (χ4v) is 4.29. The zero-order valence-electron chi connectivity index (χ0n) is 12.7. The van der Waals surface area contributed by atoms with Crippen molar-refractivity contribution in [1.82, 2.24) is 10.2 Å². The molecule has 1 aliphatic heterocycles. The monoisotopic (exact) mass is 278 g/mol. The SMILES string of the molecule is CC1CCCC1CN1C(=O)C2(CCCC2)NC(=O)C1C. The molecule has 2 saturated carbocycles. The van der Waals surface area contributed by atoms with E-state index in [1.807, 2.05) is 11.8 Å². The predicted molar refractivity (Wildman–Crippen MR) is 77.0 cm³/mol. The first-order chi connectivity index (χ1) is 9.53. The molecule has 3 rings (SSSR count). The maximum absolute atomic E-state index is 12.9. The second kappa shape index (κ2) is 5.05. The highest BCUT2D eigenvalue weighted by Crippen LogP contribution is 2.37. The molecular weight excluding hydrogens is 252 g/mol. The number of hydrogen-bond donors (Lipinski definition) is 1. The number of nitrogens with one attached hydrogen (secondary N) is 1. The Morgan fingerprint density at radius 3 is 2.45 bits per heavy atom. The fraction of sp³-hybridized carbons (Fsp3) is 0.875. The lowest BCUT2D eigenvalue weighted by Crippen LogP contribution is -2.69. The van der Waals surface area contributed by atoms with Crippen LogP contribution in [0.5, 0.6) is 0 Å². The minimum Gasteiger partial charge on any atom is -0.340 e. The van der Waals surface area contributed by atoms with Gasteiger partial charge in [0.1, 0.15) is 11.6 Å². The molecule has 0 aromatic heterocycles. The first-order valence-corrected chi connectivity index (χ1v) is 8.16. The second-order valence-corrected chi connectivity index (χ2v) is 7.08. The Labute approximate surface area is 121 Å². The van der Waals surface area contributed by atoms with Crippen molar-refractivity contribution in [2.45, 2.75) is 70.4 Å². The van der Waals surface area contributed by atoms with Gasteiger partial charge in [-0.05, 0) is 38.0 Å². The molecule has 1 spiro atoms. The summed E-state index contributed by atoms with van der Waals surface area (Å²) in [5.41, 5.74) is -0.564. The molecule has 4 heteroatoms. The molecule has 3 unspecified atom stereocenters. The van der Waals surface area contributed by atoms with Crippen LogP contribution in [0.25, 0.3) is 0 Å². The van der Waals surface area contributed by atoms with Crippen molar-refractivity contribution < 1.29 is 9.59 Å². The summed E-state index contributed by atoms with van der Waals surface area (Å²) in [7, 11) is 0. The van der Waals surface area contributed by atoms with Crippen molar-refractivity contribution in [3.05, 3.63) is 0 Å². The van der Waals surface area contributed by atoms with Crippen LogP contribution >= 0.6 is 0 Å². The van der Waals surface area contributed by atoms with Crippen LogP contribution in [0.2, 0.25) is 0 Å². The van der Waals surface area contributed by atoms with Gasteiger partial charge in [-0.3, -0.25) is 9.59 Å². The van der Waals surface area contributed by atoms with Gasteiger partial charge in [0.05, 0.1) is 0 Å². The molecule has 20 heavy (non-hydrogen) atoms.